The summed E-state index contributed by atoms with van der Waals surface area (Å²) in [5.74, 6) is -5.30. The molecule has 0 aromatic heterocycles. The van der Waals surface area contributed by atoms with Gasteiger partial charge in [-0.3, -0.25) is 30.3 Å². The van der Waals surface area contributed by atoms with Crippen LogP contribution in [0.4, 0.5) is 17.1 Å². The number of aliphatic hydroxyl groups is 1. The van der Waals surface area contributed by atoms with Gasteiger partial charge in [-0.2, -0.15) is 25.3 Å². The molecule has 0 saturated heterocycles. The van der Waals surface area contributed by atoms with Gasteiger partial charge in [-0.05, 0) is 30.3 Å². The molecule has 0 aliphatic carbocycles. The molecule has 0 amide bonds. The summed E-state index contributed by atoms with van der Waals surface area (Å²) >= 11 is 0. The molecular formula is C33H23N3O19S3. The van der Waals surface area contributed by atoms with Crippen LogP contribution in [0.2, 0.25) is 0 Å². The Balaban J connectivity index is 1.44. The van der Waals surface area contributed by atoms with Gasteiger partial charge in [0.2, 0.25) is 5.75 Å². The van der Waals surface area contributed by atoms with Crippen LogP contribution in [-0.2, 0) is 36.8 Å². The molecule has 3 N–H and O–H groups in total. The fraction of sp³-hybridized carbons (Fsp3) is 0.0909. The van der Waals surface area contributed by atoms with Crippen LogP contribution in [0.25, 0.3) is 0 Å². The van der Waals surface area contributed by atoms with Crippen molar-refractivity contribution in [3.8, 4) is 34.5 Å². The number of hydrogen-bond acceptors (Lipinski definition) is 19. The van der Waals surface area contributed by atoms with Crippen LogP contribution in [0.3, 0.4) is 0 Å². The highest BCUT2D eigenvalue weighted by atomic mass is 32.2. The minimum Gasteiger partial charge on any atom is -0.504 e. The molecule has 5 aromatic rings. The number of aliphatic hydroxyl groups excluding tert-OH is 1. The zero-order valence-electron chi connectivity index (χ0n) is 28.5. The predicted octanol–water partition coefficient (Wildman–Crippen LogP) is 4.16. The Bertz CT molecular complexity index is 2870. The normalized spacial score (nSPS) is 15.3. The lowest BCUT2D eigenvalue weighted by atomic mass is 9.93. The SMILES string of the molecule is O=[N+]([O-])c1ccccc1S(=O)(=O)Oc1cc2c(c(OS(=O)(=O)c3ccccc3[N+](=O)[O-])c1)C[C@@H](O)[C@@H](c1cc(O)c(O)c(OS(=O)(=O)c3ccccc3[N+](=O)[O-])c1)O2. The number of rotatable bonds is 13. The van der Waals surface area contributed by atoms with Crippen molar-refractivity contribution in [1.82, 2.24) is 0 Å². The first kappa shape index (κ1) is 40.6. The summed E-state index contributed by atoms with van der Waals surface area (Å²) in [5.41, 5.74) is -3.35. The van der Waals surface area contributed by atoms with Gasteiger partial charge >= 0.3 is 30.4 Å². The third-order valence-corrected chi connectivity index (χ3v) is 12.0. The largest absolute Gasteiger partial charge is 0.504 e. The number of phenols is 2. The Morgan fingerprint density at radius 2 is 1.03 bits per heavy atom. The van der Waals surface area contributed by atoms with Crippen molar-refractivity contribution in [2.24, 2.45) is 0 Å². The van der Waals surface area contributed by atoms with E-state index in [9.17, 15) is 70.9 Å². The number of nitro benzene ring substituents is 3. The van der Waals surface area contributed by atoms with E-state index >= 15 is 0 Å². The summed E-state index contributed by atoms with van der Waals surface area (Å²) in [6.45, 7) is 0. The Morgan fingerprint density at radius 1 is 0.603 bits per heavy atom. The Hall–Kier alpha value is -7.09. The van der Waals surface area contributed by atoms with Crippen molar-refractivity contribution in [2.75, 3.05) is 0 Å². The van der Waals surface area contributed by atoms with Gasteiger partial charge in [0.05, 0.1) is 20.9 Å². The molecular weight excluding hydrogens is 839 g/mol. The zero-order valence-corrected chi connectivity index (χ0v) is 31.0. The highest BCUT2D eigenvalue weighted by molar-refractivity contribution is 7.87. The molecule has 0 fully saturated rings. The van der Waals surface area contributed by atoms with E-state index in [2.05, 4.69) is 0 Å². The van der Waals surface area contributed by atoms with Crippen LogP contribution in [0, 0.1) is 30.3 Å². The molecule has 0 spiro atoms. The van der Waals surface area contributed by atoms with Crippen LogP contribution < -0.4 is 17.3 Å². The van der Waals surface area contributed by atoms with Gasteiger partial charge in [0.15, 0.2) is 38.0 Å². The van der Waals surface area contributed by atoms with Crippen LogP contribution >= 0.6 is 0 Å². The topological polar surface area (TPSA) is 329 Å². The molecule has 302 valence electrons. The molecule has 0 bridgehead atoms. The predicted molar refractivity (Wildman–Crippen MR) is 192 cm³/mol. The third kappa shape index (κ3) is 7.94. The molecule has 0 unspecified atom stereocenters. The van der Waals surface area contributed by atoms with Crippen LogP contribution in [0.5, 0.6) is 34.5 Å². The van der Waals surface area contributed by atoms with Gasteiger partial charge in [-0.25, -0.2) is 0 Å². The molecule has 0 radical (unpaired) electrons. The second-order valence-electron chi connectivity index (χ2n) is 11.9. The average Bonchev–Trinajstić information content (AvgIpc) is 3.16. The molecule has 1 heterocycles. The monoisotopic (exact) mass is 861 g/mol. The Labute approximate surface area is 325 Å². The quantitative estimate of drug-likeness (QED) is 0.0647. The summed E-state index contributed by atoms with van der Waals surface area (Å²) < 4.78 is 101. The number of hydrogen-bond donors (Lipinski definition) is 3. The maximum atomic E-state index is 13.5. The van der Waals surface area contributed by atoms with E-state index in [1.54, 1.807) is 0 Å². The minimum absolute atomic E-state index is 0.306. The highest BCUT2D eigenvalue weighted by Gasteiger charge is 2.38. The van der Waals surface area contributed by atoms with E-state index in [1.807, 2.05) is 0 Å². The first-order chi connectivity index (χ1) is 27.2. The number of ether oxygens (including phenoxy) is 1. The Kier molecular flexibility index (Phi) is 10.6. The van der Waals surface area contributed by atoms with Crippen LogP contribution in [0.1, 0.15) is 17.2 Å². The number of nitrogens with zero attached hydrogens (tertiary/aromatic N) is 3. The number of aromatic hydroxyl groups is 2. The van der Waals surface area contributed by atoms with Crippen LogP contribution in [0.15, 0.2) is 112 Å². The number of phenolic OH excluding ortho intramolecular Hbond substituents is 2. The van der Waals surface area contributed by atoms with Crippen LogP contribution in [-0.4, -0.2) is 61.4 Å². The fourth-order valence-corrected chi connectivity index (χ4v) is 8.94. The van der Waals surface area contributed by atoms with Crippen molar-refractivity contribution in [1.29, 1.82) is 0 Å². The van der Waals surface area contributed by atoms with Crippen molar-refractivity contribution in [2.45, 2.75) is 33.3 Å². The molecule has 22 nitrogen and oxygen atoms in total. The van der Waals surface area contributed by atoms with Crippen molar-refractivity contribution >= 4 is 47.4 Å². The smallest absolute Gasteiger partial charge is 0.346 e. The number of para-hydroxylation sites is 3. The average molecular weight is 862 g/mol. The van der Waals surface area contributed by atoms with E-state index < -0.39 is 130 Å². The number of fused-ring (bicyclic) bond motifs is 1. The lowest BCUT2D eigenvalue weighted by molar-refractivity contribution is -0.388. The van der Waals surface area contributed by atoms with Gasteiger partial charge in [0.1, 0.15) is 11.5 Å². The van der Waals surface area contributed by atoms with Gasteiger partial charge in [-0.15, -0.1) is 0 Å². The molecule has 6 rings (SSSR count). The van der Waals surface area contributed by atoms with E-state index in [1.165, 1.54) is 18.2 Å². The second kappa shape index (κ2) is 15.1. The van der Waals surface area contributed by atoms with E-state index in [0.29, 0.717) is 6.07 Å². The van der Waals surface area contributed by atoms with E-state index in [0.717, 1.165) is 72.8 Å². The first-order valence-electron chi connectivity index (χ1n) is 15.8. The lowest BCUT2D eigenvalue weighted by Crippen LogP contribution is -2.31. The van der Waals surface area contributed by atoms with Crippen molar-refractivity contribution in [3.05, 3.63) is 139 Å². The van der Waals surface area contributed by atoms with Crippen molar-refractivity contribution < 1.29 is 72.6 Å². The summed E-state index contributed by atoms with van der Waals surface area (Å²) in [4.78, 5) is 28.9. The highest BCUT2D eigenvalue weighted by Crippen LogP contribution is 2.47. The molecule has 1 aliphatic heterocycles. The third-order valence-electron chi connectivity index (χ3n) is 8.16. The molecule has 0 saturated carbocycles. The molecule has 1 aliphatic rings. The van der Waals surface area contributed by atoms with E-state index in [-0.39, 0.29) is 11.1 Å². The zero-order chi connectivity index (χ0) is 42.3. The molecule has 2 atom stereocenters. The Morgan fingerprint density at radius 3 is 1.50 bits per heavy atom. The summed E-state index contributed by atoms with van der Waals surface area (Å²) in [6.07, 6.45) is -4.10. The maximum Gasteiger partial charge on any atom is 0.346 e. The summed E-state index contributed by atoms with van der Waals surface area (Å²) in [7, 11) is -15.3. The van der Waals surface area contributed by atoms with Gasteiger partial charge in [0, 0.05) is 47.9 Å². The van der Waals surface area contributed by atoms with Crippen molar-refractivity contribution in [3.63, 3.8) is 0 Å². The first-order valence-corrected chi connectivity index (χ1v) is 20.0. The van der Waals surface area contributed by atoms with E-state index in [4.69, 9.17) is 17.3 Å². The molecule has 25 heteroatoms. The van der Waals surface area contributed by atoms with Gasteiger partial charge in [0.25, 0.3) is 17.1 Å². The maximum absolute atomic E-state index is 13.5. The molecule has 5 aromatic carbocycles. The lowest BCUT2D eigenvalue weighted by Gasteiger charge is -2.32. The summed E-state index contributed by atoms with van der Waals surface area (Å²) in [5, 5.41) is 67.1. The standard InChI is InChI=1S/C33H23N3O19S3/c37-24-13-18(14-28(32(24)39)55-58(50,51)31-12-6-3-9-23(31)36(44)45)33-25(38)17-20-26(52-33)15-19(53-56(46,47)29-10-4-1-7-21(29)34(40)41)16-27(20)54-57(48,49)30-11-5-2-8-22(30)35(42)43/h1-16,25,33,37-39H,17H2/t25-,33-/m1/s1. The second-order valence-corrected chi connectivity index (χ2v) is 16.4. The number of benzene rings is 5. The number of nitro groups is 3. The summed E-state index contributed by atoms with van der Waals surface area (Å²) in [6, 6.07) is 15.2. The van der Waals surface area contributed by atoms with Gasteiger partial charge in [-0.1, -0.05) is 36.4 Å². The van der Waals surface area contributed by atoms with Gasteiger partial charge < -0.3 is 32.6 Å². The molecule has 58 heavy (non-hydrogen) atoms. The minimum atomic E-state index is -5.15. The fourth-order valence-electron chi connectivity index (χ4n) is 5.64.